The van der Waals surface area contributed by atoms with E-state index in [0.29, 0.717) is 12.1 Å². The van der Waals surface area contributed by atoms with E-state index < -0.39 is 0 Å². The summed E-state index contributed by atoms with van der Waals surface area (Å²) < 4.78 is 13.3. The van der Waals surface area contributed by atoms with Crippen LogP contribution in [0, 0.1) is 12.7 Å². The van der Waals surface area contributed by atoms with Gasteiger partial charge in [-0.05, 0) is 60.6 Å². The lowest BCUT2D eigenvalue weighted by atomic mass is 9.99. The Morgan fingerprint density at radius 1 is 1.17 bits per heavy atom. The molecule has 2 aromatic carbocycles. The first kappa shape index (κ1) is 13.0. The van der Waals surface area contributed by atoms with Crippen LogP contribution in [0.5, 0.6) is 0 Å². The van der Waals surface area contributed by atoms with Crippen LogP contribution in [-0.4, -0.2) is 6.26 Å². The van der Waals surface area contributed by atoms with E-state index in [0.717, 1.165) is 11.1 Å². The third-order valence-corrected chi connectivity index (χ3v) is 3.82. The third-order valence-electron chi connectivity index (χ3n) is 3.07. The molecule has 0 spiro atoms. The van der Waals surface area contributed by atoms with Crippen molar-refractivity contribution in [2.24, 2.45) is 0 Å². The number of thioether (sulfide) groups is 1. The van der Waals surface area contributed by atoms with Crippen molar-refractivity contribution in [2.75, 3.05) is 12.0 Å². The van der Waals surface area contributed by atoms with E-state index in [4.69, 9.17) is 5.73 Å². The van der Waals surface area contributed by atoms with Crippen LogP contribution in [0.2, 0.25) is 0 Å². The Balaban J connectivity index is 2.27. The Labute approximate surface area is 111 Å². The summed E-state index contributed by atoms with van der Waals surface area (Å²) in [5, 5.41) is 0. The molecule has 0 aliphatic carbocycles. The molecule has 2 rings (SSSR count). The van der Waals surface area contributed by atoms with Gasteiger partial charge in [-0.3, -0.25) is 0 Å². The first-order valence-electron chi connectivity index (χ1n) is 5.77. The van der Waals surface area contributed by atoms with E-state index in [1.54, 1.807) is 17.8 Å². The lowest BCUT2D eigenvalue weighted by molar-refractivity contribution is 0.626. The van der Waals surface area contributed by atoms with Gasteiger partial charge < -0.3 is 5.73 Å². The third kappa shape index (κ3) is 2.85. The van der Waals surface area contributed by atoms with E-state index in [-0.39, 0.29) is 5.82 Å². The molecule has 0 radical (unpaired) electrons. The second-order valence-corrected chi connectivity index (χ2v) is 5.18. The maximum Gasteiger partial charge on any atom is 0.125 e. The largest absolute Gasteiger partial charge is 0.398 e. The first-order chi connectivity index (χ1) is 8.60. The molecule has 0 fully saturated rings. The van der Waals surface area contributed by atoms with Crippen LogP contribution in [0.25, 0.3) is 0 Å². The Morgan fingerprint density at radius 2 is 1.83 bits per heavy atom. The van der Waals surface area contributed by atoms with Crippen molar-refractivity contribution in [1.82, 2.24) is 0 Å². The topological polar surface area (TPSA) is 26.0 Å². The van der Waals surface area contributed by atoms with Crippen LogP contribution in [0.4, 0.5) is 10.1 Å². The van der Waals surface area contributed by atoms with Crippen LogP contribution in [0.15, 0.2) is 41.3 Å². The fourth-order valence-electron chi connectivity index (χ4n) is 1.91. The molecular formula is C15H16FNS. The minimum atomic E-state index is -0.270. The summed E-state index contributed by atoms with van der Waals surface area (Å²) in [4.78, 5) is 1.23. The molecule has 0 aliphatic heterocycles. The van der Waals surface area contributed by atoms with Crippen LogP contribution < -0.4 is 5.73 Å². The molecule has 3 heteroatoms. The molecule has 0 bridgehead atoms. The molecule has 0 aromatic heterocycles. The van der Waals surface area contributed by atoms with Crippen molar-refractivity contribution in [3.8, 4) is 0 Å². The van der Waals surface area contributed by atoms with E-state index in [1.165, 1.54) is 16.5 Å². The Morgan fingerprint density at radius 3 is 2.44 bits per heavy atom. The molecule has 0 atom stereocenters. The molecular weight excluding hydrogens is 245 g/mol. The van der Waals surface area contributed by atoms with Crippen molar-refractivity contribution in [2.45, 2.75) is 18.2 Å². The standard InChI is InChI=1S/C15H16FNS/c1-10-12(8-13(16)9-15(10)17)7-11-3-5-14(18-2)6-4-11/h3-6,8-9H,7,17H2,1-2H3. The highest BCUT2D eigenvalue weighted by Crippen LogP contribution is 2.22. The summed E-state index contributed by atoms with van der Waals surface area (Å²) >= 11 is 1.71. The summed E-state index contributed by atoms with van der Waals surface area (Å²) in [5.74, 6) is -0.270. The van der Waals surface area contributed by atoms with Gasteiger partial charge >= 0.3 is 0 Å². The second kappa shape index (κ2) is 5.44. The zero-order chi connectivity index (χ0) is 13.1. The van der Waals surface area contributed by atoms with Crippen molar-refractivity contribution in [3.05, 3.63) is 58.9 Å². The Kier molecular flexibility index (Phi) is 3.92. The molecule has 1 nitrogen and oxygen atoms in total. The van der Waals surface area contributed by atoms with Crippen molar-refractivity contribution >= 4 is 17.4 Å². The predicted octanol–water partition coefficient (Wildman–Crippen LogP) is 4.03. The number of hydrogen-bond donors (Lipinski definition) is 1. The molecule has 0 saturated carbocycles. The predicted molar refractivity (Wildman–Crippen MR) is 76.6 cm³/mol. The number of benzene rings is 2. The SMILES string of the molecule is CSc1ccc(Cc2cc(F)cc(N)c2C)cc1. The van der Waals surface area contributed by atoms with Gasteiger partial charge in [0, 0.05) is 10.6 Å². The smallest absolute Gasteiger partial charge is 0.125 e. The van der Waals surface area contributed by atoms with Gasteiger partial charge in [-0.1, -0.05) is 12.1 Å². The number of anilines is 1. The van der Waals surface area contributed by atoms with Crippen LogP contribution in [0.1, 0.15) is 16.7 Å². The van der Waals surface area contributed by atoms with Gasteiger partial charge in [0.25, 0.3) is 0 Å². The van der Waals surface area contributed by atoms with Crippen molar-refractivity contribution in [1.29, 1.82) is 0 Å². The molecule has 2 N–H and O–H groups in total. The number of rotatable bonds is 3. The van der Waals surface area contributed by atoms with Gasteiger partial charge in [-0.15, -0.1) is 11.8 Å². The maximum atomic E-state index is 13.3. The second-order valence-electron chi connectivity index (χ2n) is 4.30. The monoisotopic (exact) mass is 261 g/mol. The van der Waals surface area contributed by atoms with Gasteiger partial charge in [-0.2, -0.15) is 0 Å². The van der Waals surface area contributed by atoms with E-state index in [9.17, 15) is 4.39 Å². The minimum Gasteiger partial charge on any atom is -0.398 e. The van der Waals surface area contributed by atoms with E-state index in [2.05, 4.69) is 24.3 Å². The lowest BCUT2D eigenvalue weighted by Gasteiger charge is -2.09. The Hall–Kier alpha value is -1.48. The molecule has 0 saturated heterocycles. The minimum absolute atomic E-state index is 0.270. The quantitative estimate of drug-likeness (QED) is 0.667. The van der Waals surface area contributed by atoms with E-state index >= 15 is 0 Å². The van der Waals surface area contributed by atoms with Crippen molar-refractivity contribution < 1.29 is 4.39 Å². The molecule has 0 heterocycles. The summed E-state index contributed by atoms with van der Waals surface area (Å²) in [6.45, 7) is 1.93. The average Bonchev–Trinajstić information content (AvgIpc) is 2.36. The number of hydrogen-bond acceptors (Lipinski definition) is 2. The van der Waals surface area contributed by atoms with Gasteiger partial charge in [-0.25, -0.2) is 4.39 Å². The highest BCUT2D eigenvalue weighted by molar-refractivity contribution is 7.98. The number of nitrogen functional groups attached to an aromatic ring is 1. The van der Waals surface area contributed by atoms with Crippen LogP contribution in [-0.2, 0) is 6.42 Å². The summed E-state index contributed by atoms with van der Waals surface area (Å²) in [6, 6.07) is 11.2. The van der Waals surface area contributed by atoms with Gasteiger partial charge in [0.1, 0.15) is 5.82 Å². The summed E-state index contributed by atoms with van der Waals surface area (Å²) in [5.41, 5.74) is 9.38. The Bertz CT molecular complexity index is 549. The normalized spacial score (nSPS) is 10.6. The maximum absolute atomic E-state index is 13.3. The average molecular weight is 261 g/mol. The van der Waals surface area contributed by atoms with Gasteiger partial charge in [0.05, 0.1) is 0 Å². The summed E-state index contributed by atoms with van der Waals surface area (Å²) in [6.07, 6.45) is 2.76. The fourth-order valence-corrected chi connectivity index (χ4v) is 2.31. The van der Waals surface area contributed by atoms with Crippen LogP contribution >= 0.6 is 11.8 Å². The number of halogens is 1. The molecule has 0 amide bonds. The van der Waals surface area contributed by atoms with Crippen LogP contribution in [0.3, 0.4) is 0 Å². The summed E-state index contributed by atoms with van der Waals surface area (Å²) in [7, 11) is 0. The highest BCUT2D eigenvalue weighted by atomic mass is 32.2. The fraction of sp³-hybridized carbons (Fsp3) is 0.200. The number of nitrogens with two attached hydrogens (primary N) is 1. The van der Waals surface area contributed by atoms with Crippen molar-refractivity contribution in [3.63, 3.8) is 0 Å². The zero-order valence-electron chi connectivity index (χ0n) is 10.5. The molecule has 94 valence electrons. The van der Waals surface area contributed by atoms with E-state index in [1.807, 2.05) is 13.2 Å². The van der Waals surface area contributed by atoms with Gasteiger partial charge in [0.2, 0.25) is 0 Å². The van der Waals surface area contributed by atoms with Gasteiger partial charge in [0.15, 0.2) is 0 Å². The molecule has 0 aliphatic rings. The highest BCUT2D eigenvalue weighted by Gasteiger charge is 2.06. The first-order valence-corrected chi connectivity index (χ1v) is 7.00. The lowest BCUT2D eigenvalue weighted by Crippen LogP contribution is -1.98. The zero-order valence-corrected chi connectivity index (χ0v) is 11.4. The molecule has 0 unspecified atom stereocenters. The molecule has 2 aromatic rings. The molecule has 18 heavy (non-hydrogen) atoms.